The summed E-state index contributed by atoms with van der Waals surface area (Å²) in [6.45, 7) is 1.97. The minimum Gasteiger partial charge on any atom is -0.494 e. The van der Waals surface area contributed by atoms with Gasteiger partial charge in [-0.15, -0.1) is 12.4 Å². The van der Waals surface area contributed by atoms with Gasteiger partial charge in [0.25, 0.3) is 0 Å². The van der Waals surface area contributed by atoms with Gasteiger partial charge in [0, 0.05) is 6.04 Å². The molecule has 1 aromatic rings. The molecule has 0 amide bonds. The fourth-order valence-corrected chi connectivity index (χ4v) is 1.15. The molecule has 0 aromatic heterocycles. The Labute approximate surface area is 89.7 Å². The third-order valence-corrected chi connectivity index (χ3v) is 2.04. The van der Waals surface area contributed by atoms with Crippen LogP contribution in [0.25, 0.3) is 0 Å². The molecule has 2 nitrogen and oxygen atoms in total. The maximum absolute atomic E-state index is 13.2. The Balaban J connectivity index is 0.00000169. The van der Waals surface area contributed by atoms with E-state index >= 15 is 0 Å². The average Bonchev–Trinajstić information content (AvgIpc) is 2.16. The van der Waals surface area contributed by atoms with Crippen molar-refractivity contribution in [1.29, 1.82) is 0 Å². The third kappa shape index (κ3) is 2.86. The molecule has 0 aliphatic carbocycles. The van der Waals surface area contributed by atoms with E-state index in [9.17, 15) is 4.39 Å². The minimum absolute atomic E-state index is 0. The maximum atomic E-state index is 13.2. The summed E-state index contributed by atoms with van der Waals surface area (Å²) in [7, 11) is 1.44. The first-order valence-corrected chi connectivity index (χ1v) is 4.28. The molecule has 0 bridgehead atoms. The number of benzene rings is 1. The number of ether oxygens (including phenoxy) is 1. The van der Waals surface area contributed by atoms with Crippen molar-refractivity contribution in [1.82, 2.24) is 0 Å². The summed E-state index contributed by atoms with van der Waals surface area (Å²) < 4.78 is 18.0. The van der Waals surface area contributed by atoms with E-state index in [1.54, 1.807) is 12.1 Å². The van der Waals surface area contributed by atoms with Gasteiger partial charge < -0.3 is 10.5 Å². The Morgan fingerprint density at radius 2 is 2.14 bits per heavy atom. The van der Waals surface area contributed by atoms with Crippen LogP contribution >= 0.6 is 12.4 Å². The minimum atomic E-state index is -0.357. The molecule has 4 heteroatoms. The summed E-state index contributed by atoms with van der Waals surface area (Å²) in [5.74, 6) is -0.101. The molecule has 0 radical (unpaired) electrons. The molecule has 0 saturated heterocycles. The lowest BCUT2D eigenvalue weighted by atomic mass is 10.1. The van der Waals surface area contributed by atoms with Gasteiger partial charge in [-0.2, -0.15) is 0 Å². The SMILES string of the molecule is CC[C@@H](N)c1ccc(OC)c(F)c1.Cl. The molecule has 1 atom stereocenters. The second kappa shape index (κ2) is 5.83. The van der Waals surface area contributed by atoms with Crippen molar-refractivity contribution in [2.24, 2.45) is 5.73 Å². The standard InChI is InChI=1S/C10H14FNO.ClH/c1-3-9(12)7-4-5-10(13-2)8(11)6-7;/h4-6,9H,3,12H2,1-2H3;1H/t9-;/m1./s1. The fraction of sp³-hybridized carbons (Fsp3) is 0.400. The summed E-state index contributed by atoms with van der Waals surface area (Å²) in [4.78, 5) is 0. The largest absolute Gasteiger partial charge is 0.494 e. The molecule has 1 rings (SSSR count). The summed E-state index contributed by atoms with van der Waals surface area (Å²) in [5, 5.41) is 0. The van der Waals surface area contributed by atoms with Crippen LogP contribution in [0.2, 0.25) is 0 Å². The van der Waals surface area contributed by atoms with Gasteiger partial charge in [-0.25, -0.2) is 4.39 Å². The van der Waals surface area contributed by atoms with Crippen molar-refractivity contribution < 1.29 is 9.13 Å². The molecule has 0 aliphatic heterocycles. The van der Waals surface area contributed by atoms with Crippen LogP contribution in [-0.2, 0) is 0 Å². The van der Waals surface area contributed by atoms with Crippen LogP contribution in [0.4, 0.5) is 4.39 Å². The molecule has 0 unspecified atom stereocenters. The van der Waals surface area contributed by atoms with Gasteiger partial charge >= 0.3 is 0 Å². The second-order valence-corrected chi connectivity index (χ2v) is 2.91. The zero-order valence-electron chi connectivity index (χ0n) is 8.29. The molecule has 0 aliphatic rings. The van der Waals surface area contributed by atoms with Crippen molar-refractivity contribution >= 4 is 12.4 Å². The zero-order valence-corrected chi connectivity index (χ0v) is 9.10. The molecule has 0 spiro atoms. The third-order valence-electron chi connectivity index (χ3n) is 2.04. The smallest absolute Gasteiger partial charge is 0.165 e. The van der Waals surface area contributed by atoms with Gasteiger partial charge in [0.1, 0.15) is 0 Å². The Kier molecular flexibility index (Phi) is 5.50. The van der Waals surface area contributed by atoms with Crippen LogP contribution in [0, 0.1) is 5.82 Å². The summed E-state index contributed by atoms with van der Waals surface area (Å²) in [6, 6.07) is 4.71. The highest BCUT2D eigenvalue weighted by Gasteiger charge is 2.07. The fourth-order valence-electron chi connectivity index (χ4n) is 1.15. The lowest BCUT2D eigenvalue weighted by Gasteiger charge is -2.10. The molecule has 0 saturated carbocycles. The number of methoxy groups -OCH3 is 1. The van der Waals surface area contributed by atoms with Gasteiger partial charge in [-0.05, 0) is 24.1 Å². The first-order chi connectivity index (χ1) is 6.19. The van der Waals surface area contributed by atoms with E-state index in [4.69, 9.17) is 10.5 Å². The van der Waals surface area contributed by atoms with Crippen molar-refractivity contribution in [3.05, 3.63) is 29.6 Å². The summed E-state index contributed by atoms with van der Waals surface area (Å²) in [5.41, 5.74) is 6.55. The van der Waals surface area contributed by atoms with E-state index in [1.807, 2.05) is 6.92 Å². The van der Waals surface area contributed by atoms with Crippen LogP contribution < -0.4 is 10.5 Å². The van der Waals surface area contributed by atoms with E-state index in [0.29, 0.717) is 0 Å². The van der Waals surface area contributed by atoms with Crippen LogP contribution in [0.5, 0.6) is 5.75 Å². The van der Waals surface area contributed by atoms with E-state index in [1.165, 1.54) is 13.2 Å². The molecule has 0 fully saturated rings. The van der Waals surface area contributed by atoms with Crippen LogP contribution in [0.1, 0.15) is 24.9 Å². The predicted molar refractivity (Wildman–Crippen MR) is 57.4 cm³/mol. The Morgan fingerprint density at radius 1 is 1.50 bits per heavy atom. The summed E-state index contributed by atoms with van der Waals surface area (Å²) >= 11 is 0. The normalized spacial score (nSPS) is 11.7. The van der Waals surface area contributed by atoms with Crippen molar-refractivity contribution in [3.63, 3.8) is 0 Å². The number of hydrogen-bond acceptors (Lipinski definition) is 2. The van der Waals surface area contributed by atoms with Crippen LogP contribution in [0.15, 0.2) is 18.2 Å². The zero-order chi connectivity index (χ0) is 9.84. The van der Waals surface area contributed by atoms with Gasteiger partial charge in [0.05, 0.1) is 7.11 Å². The number of hydrogen-bond donors (Lipinski definition) is 1. The quantitative estimate of drug-likeness (QED) is 0.849. The second-order valence-electron chi connectivity index (χ2n) is 2.91. The van der Waals surface area contributed by atoms with Gasteiger partial charge in [-0.1, -0.05) is 13.0 Å². The number of halogens is 2. The van der Waals surface area contributed by atoms with E-state index < -0.39 is 0 Å². The number of rotatable bonds is 3. The summed E-state index contributed by atoms with van der Waals surface area (Å²) in [6.07, 6.45) is 0.797. The lowest BCUT2D eigenvalue weighted by molar-refractivity contribution is 0.386. The molecular weight excluding hydrogens is 205 g/mol. The Hall–Kier alpha value is -0.800. The monoisotopic (exact) mass is 219 g/mol. The first-order valence-electron chi connectivity index (χ1n) is 4.28. The molecule has 14 heavy (non-hydrogen) atoms. The van der Waals surface area contributed by atoms with E-state index in [2.05, 4.69) is 0 Å². The molecule has 2 N–H and O–H groups in total. The van der Waals surface area contributed by atoms with Crippen LogP contribution in [0.3, 0.4) is 0 Å². The van der Waals surface area contributed by atoms with Gasteiger partial charge in [0.15, 0.2) is 11.6 Å². The first kappa shape index (κ1) is 13.2. The molecule has 0 heterocycles. The van der Waals surface area contributed by atoms with E-state index in [-0.39, 0.29) is 30.0 Å². The molecule has 1 aromatic carbocycles. The average molecular weight is 220 g/mol. The highest BCUT2D eigenvalue weighted by Crippen LogP contribution is 2.21. The molecular formula is C10H15ClFNO. The van der Waals surface area contributed by atoms with Crippen molar-refractivity contribution in [2.75, 3.05) is 7.11 Å². The van der Waals surface area contributed by atoms with Gasteiger partial charge in [-0.3, -0.25) is 0 Å². The number of nitrogens with two attached hydrogens (primary N) is 1. The highest BCUT2D eigenvalue weighted by atomic mass is 35.5. The Bertz CT molecular complexity index is 293. The molecule has 80 valence electrons. The lowest BCUT2D eigenvalue weighted by Crippen LogP contribution is -2.08. The van der Waals surface area contributed by atoms with Gasteiger partial charge in [0.2, 0.25) is 0 Å². The Morgan fingerprint density at radius 3 is 2.57 bits per heavy atom. The van der Waals surface area contributed by atoms with Crippen LogP contribution in [-0.4, -0.2) is 7.11 Å². The van der Waals surface area contributed by atoms with Crippen molar-refractivity contribution in [3.8, 4) is 5.75 Å². The van der Waals surface area contributed by atoms with Crippen molar-refractivity contribution in [2.45, 2.75) is 19.4 Å². The predicted octanol–water partition coefficient (Wildman–Crippen LogP) is 2.67. The highest BCUT2D eigenvalue weighted by molar-refractivity contribution is 5.85. The topological polar surface area (TPSA) is 35.2 Å². The van der Waals surface area contributed by atoms with E-state index in [0.717, 1.165) is 12.0 Å². The maximum Gasteiger partial charge on any atom is 0.165 e.